The summed E-state index contributed by atoms with van der Waals surface area (Å²) >= 11 is 2.51. The molecule has 23 heavy (non-hydrogen) atoms. The second kappa shape index (κ2) is 8.20. The van der Waals surface area contributed by atoms with Gasteiger partial charge < -0.3 is 14.8 Å². The van der Waals surface area contributed by atoms with E-state index in [2.05, 4.69) is 15.0 Å². The van der Waals surface area contributed by atoms with Crippen molar-refractivity contribution in [3.8, 4) is 0 Å². The summed E-state index contributed by atoms with van der Waals surface area (Å²) in [5, 5.41) is 6.57. The van der Waals surface area contributed by atoms with Crippen molar-refractivity contribution >= 4 is 52.3 Å². The molecule has 2 heterocycles. The smallest absolute Gasteiger partial charge is 0.350 e. The van der Waals surface area contributed by atoms with E-state index in [-0.39, 0.29) is 4.88 Å². The van der Waals surface area contributed by atoms with Crippen LogP contribution in [-0.4, -0.2) is 36.5 Å². The molecule has 7 nitrogen and oxygen atoms in total. The lowest BCUT2D eigenvalue weighted by Crippen LogP contribution is -2.21. The average molecular weight is 352 g/mol. The van der Waals surface area contributed by atoms with Crippen LogP contribution in [-0.2, 0) is 19.1 Å². The first-order valence-corrected chi connectivity index (χ1v) is 8.06. The van der Waals surface area contributed by atoms with Crippen molar-refractivity contribution in [1.82, 2.24) is 4.98 Å². The first-order chi connectivity index (χ1) is 11.1. The van der Waals surface area contributed by atoms with Crippen LogP contribution in [0.3, 0.4) is 0 Å². The maximum atomic E-state index is 11.7. The van der Waals surface area contributed by atoms with Crippen LogP contribution < -0.4 is 5.32 Å². The molecule has 0 radical (unpaired) electrons. The topological polar surface area (TPSA) is 94.6 Å². The molecule has 0 saturated carbocycles. The summed E-state index contributed by atoms with van der Waals surface area (Å²) < 4.78 is 9.41. The fourth-order valence-corrected chi connectivity index (χ4v) is 2.78. The van der Waals surface area contributed by atoms with Gasteiger partial charge in [-0.15, -0.1) is 22.7 Å². The predicted molar refractivity (Wildman–Crippen MR) is 86.4 cm³/mol. The molecule has 120 valence electrons. The Morgan fingerprint density at radius 2 is 2.13 bits per heavy atom. The van der Waals surface area contributed by atoms with Crippen molar-refractivity contribution in [3.05, 3.63) is 39.0 Å². The molecule has 0 aromatic carbocycles. The number of nitrogens with one attached hydrogen (secondary N) is 1. The Hall–Kier alpha value is -2.52. The normalized spacial score (nSPS) is 10.5. The van der Waals surface area contributed by atoms with Crippen molar-refractivity contribution < 1.29 is 23.9 Å². The highest BCUT2D eigenvalue weighted by Gasteiger charge is 2.16. The molecule has 0 spiro atoms. The van der Waals surface area contributed by atoms with Crippen molar-refractivity contribution in [2.75, 3.05) is 19.0 Å². The highest BCUT2D eigenvalue weighted by atomic mass is 32.1. The van der Waals surface area contributed by atoms with Crippen molar-refractivity contribution in [2.45, 2.75) is 0 Å². The number of thiophene rings is 1. The second-order valence-corrected chi connectivity index (χ2v) is 5.86. The van der Waals surface area contributed by atoms with E-state index in [1.165, 1.54) is 30.6 Å². The van der Waals surface area contributed by atoms with Crippen LogP contribution in [0.25, 0.3) is 6.08 Å². The molecular formula is C14H12N2O5S2. The molecule has 2 aromatic heterocycles. The lowest BCUT2D eigenvalue weighted by molar-refractivity contribution is -0.142. The molecule has 0 saturated heterocycles. The number of aromatic nitrogens is 1. The number of thiazole rings is 1. The highest BCUT2D eigenvalue weighted by Crippen LogP contribution is 2.22. The Morgan fingerprint density at radius 1 is 1.30 bits per heavy atom. The summed E-state index contributed by atoms with van der Waals surface area (Å²) in [4.78, 5) is 38.9. The van der Waals surface area contributed by atoms with Gasteiger partial charge in [-0.3, -0.25) is 4.79 Å². The van der Waals surface area contributed by atoms with Crippen molar-refractivity contribution in [1.29, 1.82) is 0 Å². The van der Waals surface area contributed by atoms with E-state index in [1.807, 2.05) is 0 Å². The van der Waals surface area contributed by atoms with E-state index in [4.69, 9.17) is 4.74 Å². The van der Waals surface area contributed by atoms with Gasteiger partial charge in [0, 0.05) is 17.7 Å². The van der Waals surface area contributed by atoms with Gasteiger partial charge in [0.2, 0.25) is 0 Å². The first kappa shape index (κ1) is 16.8. The fourth-order valence-electron chi connectivity index (χ4n) is 1.49. The molecule has 9 heteroatoms. The number of methoxy groups -OCH3 is 1. The molecule has 0 unspecified atom stereocenters. The number of hydrogen-bond donors (Lipinski definition) is 1. The minimum atomic E-state index is -0.658. The summed E-state index contributed by atoms with van der Waals surface area (Å²) in [5.74, 6) is -1.75. The maximum absolute atomic E-state index is 11.7. The summed E-state index contributed by atoms with van der Waals surface area (Å²) in [6, 6.07) is 1.57. The second-order valence-electron chi connectivity index (χ2n) is 4.01. The van der Waals surface area contributed by atoms with Gasteiger partial charge in [0.05, 0.1) is 12.8 Å². The zero-order valence-corrected chi connectivity index (χ0v) is 13.6. The van der Waals surface area contributed by atoms with Gasteiger partial charge in [-0.2, -0.15) is 0 Å². The Balaban J connectivity index is 1.82. The summed E-state index contributed by atoms with van der Waals surface area (Å²) in [5.41, 5.74) is 0.321. The summed E-state index contributed by atoms with van der Waals surface area (Å²) in [7, 11) is 1.25. The number of amides is 1. The van der Waals surface area contributed by atoms with Crippen LogP contribution in [0.1, 0.15) is 14.7 Å². The Kier molecular flexibility index (Phi) is 6.01. The molecule has 2 aromatic rings. The molecule has 1 amide bonds. The van der Waals surface area contributed by atoms with Crippen LogP contribution in [0.15, 0.2) is 29.1 Å². The summed E-state index contributed by atoms with van der Waals surface area (Å²) in [6.45, 7) is -0.461. The zero-order chi connectivity index (χ0) is 16.7. The maximum Gasteiger partial charge on any atom is 0.350 e. The Bertz CT molecular complexity index is 721. The quantitative estimate of drug-likeness (QED) is 0.632. The highest BCUT2D eigenvalue weighted by molar-refractivity contribution is 7.12. The third-order valence-electron chi connectivity index (χ3n) is 2.47. The zero-order valence-electron chi connectivity index (χ0n) is 12.0. The third kappa shape index (κ3) is 5.01. The minimum absolute atomic E-state index is 0.274. The van der Waals surface area contributed by atoms with Gasteiger partial charge in [0.1, 0.15) is 9.88 Å². The van der Waals surface area contributed by atoms with Gasteiger partial charge >= 0.3 is 11.9 Å². The molecule has 2 rings (SSSR count). The lowest BCUT2D eigenvalue weighted by atomic mass is 10.4. The third-order valence-corrected chi connectivity index (χ3v) is 4.10. The fraction of sp³-hybridized carbons (Fsp3) is 0.143. The Morgan fingerprint density at radius 3 is 2.83 bits per heavy atom. The van der Waals surface area contributed by atoms with Crippen LogP contribution >= 0.6 is 22.7 Å². The molecule has 1 N–H and O–H groups in total. The number of hydrogen-bond acceptors (Lipinski definition) is 8. The van der Waals surface area contributed by atoms with Crippen LogP contribution in [0.4, 0.5) is 5.69 Å². The van der Waals surface area contributed by atoms with E-state index in [0.717, 1.165) is 11.3 Å². The Labute approximate surface area is 139 Å². The van der Waals surface area contributed by atoms with E-state index in [0.29, 0.717) is 10.7 Å². The lowest BCUT2D eigenvalue weighted by Gasteiger charge is -2.05. The van der Waals surface area contributed by atoms with Crippen molar-refractivity contribution in [2.24, 2.45) is 0 Å². The van der Waals surface area contributed by atoms with Gasteiger partial charge in [0.25, 0.3) is 5.91 Å². The molecule has 0 aliphatic heterocycles. The first-order valence-electron chi connectivity index (χ1n) is 6.30. The molecule has 0 fully saturated rings. The molecular weight excluding hydrogens is 340 g/mol. The van der Waals surface area contributed by atoms with Gasteiger partial charge in [-0.1, -0.05) is 0 Å². The monoisotopic (exact) mass is 352 g/mol. The van der Waals surface area contributed by atoms with Crippen LogP contribution in [0.5, 0.6) is 0 Å². The number of nitrogens with zero attached hydrogens (tertiary/aromatic N) is 1. The van der Waals surface area contributed by atoms with Gasteiger partial charge in [-0.05, 0) is 17.5 Å². The standard InChI is InChI=1S/C14H12N2O5S2/c1-20-14(19)13-9(4-6-23-13)16-10(17)8-21-12(18)3-2-11-15-5-7-22-11/h2-7H,8H2,1H3,(H,16,17). The van der Waals surface area contributed by atoms with E-state index >= 15 is 0 Å². The van der Waals surface area contributed by atoms with Gasteiger partial charge in [-0.25, -0.2) is 14.6 Å². The van der Waals surface area contributed by atoms with E-state index < -0.39 is 24.5 Å². The summed E-state index contributed by atoms with van der Waals surface area (Å²) in [6.07, 6.45) is 4.30. The number of ether oxygens (including phenoxy) is 2. The van der Waals surface area contributed by atoms with E-state index in [9.17, 15) is 14.4 Å². The number of anilines is 1. The largest absolute Gasteiger partial charge is 0.465 e. The molecule has 0 aliphatic carbocycles. The number of carbonyl (C=O) groups is 3. The van der Waals surface area contributed by atoms with Gasteiger partial charge in [0.15, 0.2) is 6.61 Å². The van der Waals surface area contributed by atoms with Crippen LogP contribution in [0.2, 0.25) is 0 Å². The molecule has 0 bridgehead atoms. The van der Waals surface area contributed by atoms with Crippen molar-refractivity contribution in [3.63, 3.8) is 0 Å². The number of esters is 2. The predicted octanol–water partition coefficient (Wildman–Crippen LogP) is 2.19. The SMILES string of the molecule is COC(=O)c1sccc1NC(=O)COC(=O)C=Cc1nccs1. The van der Waals surface area contributed by atoms with Crippen LogP contribution in [0, 0.1) is 0 Å². The number of carbonyl (C=O) groups excluding carboxylic acids is 3. The molecule has 0 atom stereocenters. The average Bonchev–Trinajstić information content (AvgIpc) is 3.21. The molecule has 0 aliphatic rings. The van der Waals surface area contributed by atoms with E-state index in [1.54, 1.807) is 23.0 Å². The minimum Gasteiger partial charge on any atom is -0.465 e. The number of rotatable bonds is 6.